The maximum atomic E-state index is 4.73. The van der Waals surface area contributed by atoms with Crippen LogP contribution in [0.3, 0.4) is 0 Å². The first kappa shape index (κ1) is 12.8. The number of nitrogens with zero attached hydrogens (tertiary/aromatic N) is 2. The average Bonchev–Trinajstić information content (AvgIpc) is 2.82. The van der Waals surface area contributed by atoms with Crippen LogP contribution in [0, 0.1) is 6.92 Å². The highest BCUT2D eigenvalue weighted by Crippen LogP contribution is 2.31. The Morgan fingerprint density at radius 1 is 1.53 bits per heavy atom. The van der Waals surface area contributed by atoms with Crippen molar-refractivity contribution < 1.29 is 0 Å². The Bertz CT molecular complexity index is 373. The fraction of sp³-hybridized carbons (Fsp3) is 0.769. The molecule has 0 amide bonds. The number of aromatic nitrogens is 1. The Kier molecular flexibility index (Phi) is 4.05. The quantitative estimate of drug-likeness (QED) is 0.894. The Hall–Kier alpha value is -0.610. The zero-order chi connectivity index (χ0) is 12.4. The highest BCUT2D eigenvalue weighted by atomic mass is 32.1. The van der Waals surface area contributed by atoms with Crippen molar-refractivity contribution in [2.45, 2.75) is 59.2 Å². The van der Waals surface area contributed by atoms with E-state index in [0.717, 1.165) is 6.54 Å². The molecule has 1 saturated heterocycles. The number of hydrogen-bond donors (Lipinski definition) is 1. The molecule has 1 aliphatic rings. The van der Waals surface area contributed by atoms with Crippen molar-refractivity contribution in [3.63, 3.8) is 0 Å². The van der Waals surface area contributed by atoms with E-state index >= 15 is 0 Å². The van der Waals surface area contributed by atoms with Crippen LogP contribution >= 0.6 is 11.3 Å². The lowest BCUT2D eigenvalue weighted by Gasteiger charge is -2.19. The van der Waals surface area contributed by atoms with Crippen LogP contribution in [0.4, 0.5) is 5.13 Å². The summed E-state index contributed by atoms with van der Waals surface area (Å²) in [5.41, 5.74) is 1.19. The van der Waals surface area contributed by atoms with E-state index in [-0.39, 0.29) is 0 Å². The molecule has 0 aliphatic carbocycles. The predicted molar refractivity (Wildman–Crippen MR) is 74.9 cm³/mol. The van der Waals surface area contributed by atoms with Gasteiger partial charge in [-0.2, -0.15) is 0 Å². The molecule has 1 unspecified atom stereocenters. The molecule has 2 rings (SSSR count). The van der Waals surface area contributed by atoms with Gasteiger partial charge in [-0.05, 0) is 26.7 Å². The first-order valence-electron chi connectivity index (χ1n) is 6.54. The van der Waals surface area contributed by atoms with E-state index in [1.54, 1.807) is 0 Å². The number of hydrogen-bond acceptors (Lipinski definition) is 4. The van der Waals surface area contributed by atoms with Gasteiger partial charge in [0.2, 0.25) is 0 Å². The maximum Gasteiger partial charge on any atom is 0.186 e. The molecular weight excluding hydrogens is 230 g/mol. The average molecular weight is 253 g/mol. The molecule has 1 aromatic rings. The molecule has 4 heteroatoms. The molecule has 0 aromatic carbocycles. The molecule has 1 aliphatic heterocycles. The maximum absolute atomic E-state index is 4.73. The van der Waals surface area contributed by atoms with Crippen molar-refractivity contribution in [3.05, 3.63) is 10.6 Å². The van der Waals surface area contributed by atoms with Crippen molar-refractivity contribution in [1.29, 1.82) is 0 Å². The largest absolute Gasteiger partial charge is 0.345 e. The summed E-state index contributed by atoms with van der Waals surface area (Å²) in [5, 5.41) is 4.69. The summed E-state index contributed by atoms with van der Waals surface area (Å²) >= 11 is 1.85. The molecule has 2 heterocycles. The van der Waals surface area contributed by atoms with Gasteiger partial charge in [-0.25, -0.2) is 4.98 Å². The van der Waals surface area contributed by atoms with Crippen LogP contribution in [0.5, 0.6) is 0 Å². The SMILES string of the molecule is Cc1nc(N2CCCC2C)sc1CNC(C)C. The summed E-state index contributed by atoms with van der Waals surface area (Å²) in [6.07, 6.45) is 2.61. The van der Waals surface area contributed by atoms with Crippen LogP contribution in [-0.2, 0) is 6.54 Å². The van der Waals surface area contributed by atoms with Crippen molar-refractivity contribution >= 4 is 16.5 Å². The number of anilines is 1. The first-order valence-corrected chi connectivity index (χ1v) is 7.36. The summed E-state index contributed by atoms with van der Waals surface area (Å²) in [6.45, 7) is 10.9. The van der Waals surface area contributed by atoms with Gasteiger partial charge in [-0.15, -0.1) is 11.3 Å². The Balaban J connectivity index is 2.07. The molecule has 0 saturated carbocycles. The van der Waals surface area contributed by atoms with Gasteiger partial charge in [0.25, 0.3) is 0 Å². The van der Waals surface area contributed by atoms with Gasteiger partial charge in [-0.3, -0.25) is 0 Å². The lowest BCUT2D eigenvalue weighted by atomic mass is 10.2. The summed E-state index contributed by atoms with van der Waals surface area (Å²) in [4.78, 5) is 8.56. The molecular formula is C13H23N3S. The second-order valence-electron chi connectivity index (χ2n) is 5.23. The minimum Gasteiger partial charge on any atom is -0.345 e. The van der Waals surface area contributed by atoms with Gasteiger partial charge in [-0.1, -0.05) is 13.8 Å². The topological polar surface area (TPSA) is 28.2 Å². The number of nitrogens with one attached hydrogen (secondary N) is 1. The smallest absolute Gasteiger partial charge is 0.186 e. The van der Waals surface area contributed by atoms with E-state index in [2.05, 4.69) is 37.9 Å². The zero-order valence-electron chi connectivity index (χ0n) is 11.3. The molecule has 0 bridgehead atoms. The van der Waals surface area contributed by atoms with E-state index in [1.165, 1.54) is 35.1 Å². The second-order valence-corrected chi connectivity index (χ2v) is 6.29. The minimum atomic E-state index is 0.533. The molecule has 96 valence electrons. The minimum absolute atomic E-state index is 0.533. The third kappa shape index (κ3) is 2.99. The fourth-order valence-electron chi connectivity index (χ4n) is 2.21. The summed E-state index contributed by atoms with van der Waals surface area (Å²) < 4.78 is 0. The van der Waals surface area contributed by atoms with Gasteiger partial charge < -0.3 is 10.2 Å². The molecule has 0 radical (unpaired) electrons. The Morgan fingerprint density at radius 3 is 2.88 bits per heavy atom. The summed E-state index contributed by atoms with van der Waals surface area (Å²) in [7, 11) is 0. The van der Waals surface area contributed by atoms with E-state index in [1.807, 2.05) is 11.3 Å². The Morgan fingerprint density at radius 2 is 2.29 bits per heavy atom. The summed E-state index contributed by atoms with van der Waals surface area (Å²) in [6, 6.07) is 1.19. The lowest BCUT2D eigenvalue weighted by molar-refractivity contribution is 0.591. The molecule has 3 nitrogen and oxygen atoms in total. The third-order valence-electron chi connectivity index (χ3n) is 3.35. The highest BCUT2D eigenvalue weighted by molar-refractivity contribution is 7.15. The van der Waals surface area contributed by atoms with Crippen LogP contribution in [0.15, 0.2) is 0 Å². The number of thiazole rings is 1. The van der Waals surface area contributed by atoms with Crippen molar-refractivity contribution in [2.75, 3.05) is 11.4 Å². The van der Waals surface area contributed by atoms with E-state index in [0.29, 0.717) is 12.1 Å². The van der Waals surface area contributed by atoms with Gasteiger partial charge in [0.15, 0.2) is 5.13 Å². The number of aryl methyl sites for hydroxylation is 1. The van der Waals surface area contributed by atoms with E-state index < -0.39 is 0 Å². The normalized spacial score (nSPS) is 20.5. The summed E-state index contributed by atoms with van der Waals surface area (Å²) in [5.74, 6) is 0. The molecule has 17 heavy (non-hydrogen) atoms. The van der Waals surface area contributed by atoms with Gasteiger partial charge >= 0.3 is 0 Å². The van der Waals surface area contributed by atoms with Gasteiger partial charge in [0, 0.05) is 30.1 Å². The van der Waals surface area contributed by atoms with Crippen LogP contribution in [0.2, 0.25) is 0 Å². The zero-order valence-corrected chi connectivity index (χ0v) is 12.1. The standard InChI is InChI=1S/C13H23N3S/c1-9(2)14-8-12-11(4)15-13(17-12)16-7-5-6-10(16)3/h9-10,14H,5-8H2,1-4H3. The lowest BCUT2D eigenvalue weighted by Crippen LogP contribution is -2.25. The molecule has 1 fully saturated rings. The van der Waals surface area contributed by atoms with Crippen LogP contribution < -0.4 is 10.2 Å². The van der Waals surface area contributed by atoms with Crippen LogP contribution in [0.25, 0.3) is 0 Å². The van der Waals surface area contributed by atoms with Crippen molar-refractivity contribution in [3.8, 4) is 0 Å². The van der Waals surface area contributed by atoms with Crippen molar-refractivity contribution in [1.82, 2.24) is 10.3 Å². The Labute approximate surface area is 108 Å². The van der Waals surface area contributed by atoms with Crippen LogP contribution in [0.1, 0.15) is 44.2 Å². The molecule has 1 N–H and O–H groups in total. The van der Waals surface area contributed by atoms with Gasteiger partial charge in [0.05, 0.1) is 5.69 Å². The number of rotatable bonds is 4. The highest BCUT2D eigenvalue weighted by Gasteiger charge is 2.23. The van der Waals surface area contributed by atoms with Crippen LogP contribution in [-0.4, -0.2) is 23.6 Å². The molecule has 0 spiro atoms. The first-order chi connectivity index (χ1) is 8.08. The van der Waals surface area contributed by atoms with E-state index in [9.17, 15) is 0 Å². The molecule has 1 atom stereocenters. The molecule has 1 aromatic heterocycles. The fourth-order valence-corrected chi connectivity index (χ4v) is 3.35. The monoisotopic (exact) mass is 253 g/mol. The predicted octanol–water partition coefficient (Wildman–Crippen LogP) is 2.94. The van der Waals surface area contributed by atoms with E-state index in [4.69, 9.17) is 4.98 Å². The van der Waals surface area contributed by atoms with Gasteiger partial charge in [0.1, 0.15) is 0 Å². The van der Waals surface area contributed by atoms with Crippen molar-refractivity contribution in [2.24, 2.45) is 0 Å². The second kappa shape index (κ2) is 5.36. The third-order valence-corrected chi connectivity index (χ3v) is 4.55.